The summed E-state index contributed by atoms with van der Waals surface area (Å²) in [7, 11) is 0. The Morgan fingerprint density at radius 3 is 2.54 bits per heavy atom. The summed E-state index contributed by atoms with van der Waals surface area (Å²) in [5.41, 5.74) is 7.17. The molecule has 0 radical (unpaired) electrons. The Labute approximate surface area is 170 Å². The maximum absolute atomic E-state index is 13.0. The van der Waals surface area contributed by atoms with Crippen molar-refractivity contribution < 1.29 is 4.39 Å². The zero-order valence-electron chi connectivity index (χ0n) is 14.9. The monoisotopic (exact) mass is 473 g/mol. The number of aliphatic imine (C=N–C) groups is 1. The van der Waals surface area contributed by atoms with Gasteiger partial charge in [0.25, 0.3) is 0 Å². The molecule has 2 heterocycles. The molecule has 0 aliphatic carbocycles. The molecule has 1 saturated heterocycles. The predicted octanol–water partition coefficient (Wildman–Crippen LogP) is 1.73. The molecule has 7 nitrogen and oxygen atoms in total. The van der Waals surface area contributed by atoms with Gasteiger partial charge >= 0.3 is 0 Å². The average Bonchev–Trinajstić information content (AvgIpc) is 3.10. The van der Waals surface area contributed by atoms with Gasteiger partial charge < -0.3 is 20.1 Å². The number of halogens is 2. The van der Waals surface area contributed by atoms with Gasteiger partial charge in [-0.25, -0.2) is 4.39 Å². The Morgan fingerprint density at radius 1 is 1.19 bits per heavy atom. The fraction of sp³-hybridized carbons (Fsp3) is 0.471. The number of nitrogens with two attached hydrogens (primary N) is 1. The lowest BCUT2D eigenvalue weighted by Gasteiger charge is -2.36. The standard InChI is InChI=1S/C17H24FN7.HI/c1-2-16-22-21-13-25(16)8-7-20-17(19)24-11-9-23(10-12-24)15-5-3-14(18)4-6-15;/h3-6,13H,2,7-12H2,1H3,(H2,19,20);1H. The van der Waals surface area contributed by atoms with Crippen molar-refractivity contribution in [2.75, 3.05) is 37.6 Å². The lowest BCUT2D eigenvalue weighted by atomic mass is 10.2. The summed E-state index contributed by atoms with van der Waals surface area (Å²) in [6, 6.07) is 6.61. The minimum atomic E-state index is -0.210. The number of rotatable bonds is 5. The second-order valence-corrected chi connectivity index (χ2v) is 5.98. The third kappa shape index (κ3) is 5.05. The summed E-state index contributed by atoms with van der Waals surface area (Å²) in [6.45, 7) is 6.68. The Kier molecular flexibility index (Phi) is 7.61. The highest BCUT2D eigenvalue weighted by atomic mass is 127. The van der Waals surface area contributed by atoms with E-state index in [1.54, 1.807) is 6.33 Å². The van der Waals surface area contributed by atoms with E-state index in [1.807, 2.05) is 16.7 Å². The fourth-order valence-electron chi connectivity index (χ4n) is 2.96. The Bertz CT molecular complexity index is 708. The first-order chi connectivity index (χ1) is 12.2. The molecule has 2 aromatic rings. The van der Waals surface area contributed by atoms with Gasteiger partial charge in [0.2, 0.25) is 0 Å². The molecule has 1 aliphatic heterocycles. The van der Waals surface area contributed by atoms with Gasteiger partial charge in [0, 0.05) is 44.8 Å². The van der Waals surface area contributed by atoms with E-state index < -0.39 is 0 Å². The van der Waals surface area contributed by atoms with E-state index in [4.69, 9.17) is 5.73 Å². The zero-order chi connectivity index (χ0) is 17.6. The SMILES string of the molecule is CCc1nncn1CCN=C(N)N1CCN(c2ccc(F)cc2)CC1.I. The molecule has 0 unspecified atom stereocenters. The molecule has 26 heavy (non-hydrogen) atoms. The van der Waals surface area contributed by atoms with E-state index in [9.17, 15) is 4.39 Å². The van der Waals surface area contributed by atoms with Crippen LogP contribution in [0.5, 0.6) is 0 Å². The van der Waals surface area contributed by atoms with Gasteiger partial charge in [0.1, 0.15) is 18.0 Å². The third-order valence-electron chi connectivity index (χ3n) is 4.42. The quantitative estimate of drug-likeness (QED) is 0.407. The molecular formula is C17H25FIN7. The highest BCUT2D eigenvalue weighted by molar-refractivity contribution is 14.0. The normalized spacial score (nSPS) is 15.1. The van der Waals surface area contributed by atoms with E-state index in [1.165, 1.54) is 12.1 Å². The molecule has 9 heteroatoms. The van der Waals surface area contributed by atoms with Crippen LogP contribution in [0.1, 0.15) is 12.7 Å². The predicted molar refractivity (Wildman–Crippen MR) is 111 cm³/mol. The molecule has 0 bridgehead atoms. The number of piperazine rings is 1. The van der Waals surface area contributed by atoms with Crippen LogP contribution in [0.15, 0.2) is 35.6 Å². The summed E-state index contributed by atoms with van der Waals surface area (Å²) >= 11 is 0. The summed E-state index contributed by atoms with van der Waals surface area (Å²) in [5, 5.41) is 7.98. The molecule has 1 aromatic carbocycles. The molecule has 3 rings (SSSR count). The van der Waals surface area contributed by atoms with Crippen LogP contribution in [0.25, 0.3) is 0 Å². The molecule has 2 N–H and O–H groups in total. The summed E-state index contributed by atoms with van der Waals surface area (Å²) in [4.78, 5) is 8.80. The van der Waals surface area contributed by atoms with E-state index in [-0.39, 0.29) is 29.8 Å². The first kappa shape index (κ1) is 20.4. The maximum Gasteiger partial charge on any atom is 0.191 e. The highest BCUT2D eigenvalue weighted by Gasteiger charge is 2.18. The third-order valence-corrected chi connectivity index (χ3v) is 4.42. The second-order valence-electron chi connectivity index (χ2n) is 5.98. The van der Waals surface area contributed by atoms with Crippen LogP contribution >= 0.6 is 24.0 Å². The van der Waals surface area contributed by atoms with E-state index in [2.05, 4.69) is 31.9 Å². The number of aromatic nitrogens is 3. The van der Waals surface area contributed by atoms with Gasteiger partial charge in [-0.15, -0.1) is 34.2 Å². The van der Waals surface area contributed by atoms with Crippen molar-refractivity contribution in [1.82, 2.24) is 19.7 Å². The molecule has 1 aliphatic rings. The van der Waals surface area contributed by atoms with Crippen molar-refractivity contribution in [2.45, 2.75) is 19.9 Å². The fourth-order valence-corrected chi connectivity index (χ4v) is 2.96. The maximum atomic E-state index is 13.0. The number of nitrogens with zero attached hydrogens (tertiary/aromatic N) is 6. The molecule has 0 amide bonds. The zero-order valence-corrected chi connectivity index (χ0v) is 17.2. The van der Waals surface area contributed by atoms with Crippen molar-refractivity contribution in [3.63, 3.8) is 0 Å². The number of anilines is 1. The molecule has 1 fully saturated rings. The van der Waals surface area contributed by atoms with Crippen molar-refractivity contribution in [1.29, 1.82) is 0 Å². The van der Waals surface area contributed by atoms with Gasteiger partial charge in [-0.05, 0) is 24.3 Å². The number of hydrogen-bond donors (Lipinski definition) is 1. The summed E-state index contributed by atoms with van der Waals surface area (Å²) in [5.74, 6) is 1.32. The van der Waals surface area contributed by atoms with Crippen LogP contribution in [-0.2, 0) is 13.0 Å². The van der Waals surface area contributed by atoms with Crippen molar-refractivity contribution in [2.24, 2.45) is 10.7 Å². The van der Waals surface area contributed by atoms with Crippen LogP contribution in [0.2, 0.25) is 0 Å². The van der Waals surface area contributed by atoms with Gasteiger partial charge in [-0.2, -0.15) is 0 Å². The lowest BCUT2D eigenvalue weighted by molar-refractivity contribution is 0.380. The van der Waals surface area contributed by atoms with E-state index in [0.717, 1.165) is 50.7 Å². The number of guanidine groups is 1. The van der Waals surface area contributed by atoms with Crippen molar-refractivity contribution in [3.05, 3.63) is 42.2 Å². The molecule has 0 spiro atoms. The average molecular weight is 473 g/mol. The largest absolute Gasteiger partial charge is 0.370 e. The summed E-state index contributed by atoms with van der Waals surface area (Å²) < 4.78 is 15.0. The first-order valence-electron chi connectivity index (χ1n) is 8.59. The van der Waals surface area contributed by atoms with Crippen LogP contribution in [0.4, 0.5) is 10.1 Å². The van der Waals surface area contributed by atoms with Gasteiger partial charge in [-0.3, -0.25) is 4.99 Å². The molecule has 0 saturated carbocycles. The van der Waals surface area contributed by atoms with Gasteiger partial charge in [0.05, 0.1) is 6.54 Å². The first-order valence-corrected chi connectivity index (χ1v) is 8.59. The minimum absolute atomic E-state index is 0. The van der Waals surface area contributed by atoms with E-state index in [0.29, 0.717) is 12.5 Å². The summed E-state index contributed by atoms with van der Waals surface area (Å²) in [6.07, 6.45) is 2.58. The minimum Gasteiger partial charge on any atom is -0.370 e. The van der Waals surface area contributed by atoms with Crippen LogP contribution < -0.4 is 10.6 Å². The van der Waals surface area contributed by atoms with Gasteiger partial charge in [-0.1, -0.05) is 6.92 Å². The molecule has 0 atom stereocenters. The Morgan fingerprint density at radius 2 is 1.88 bits per heavy atom. The van der Waals surface area contributed by atoms with Gasteiger partial charge in [0.15, 0.2) is 5.96 Å². The van der Waals surface area contributed by atoms with Crippen molar-refractivity contribution >= 4 is 35.6 Å². The number of benzene rings is 1. The molecule has 142 valence electrons. The van der Waals surface area contributed by atoms with E-state index >= 15 is 0 Å². The van der Waals surface area contributed by atoms with Crippen molar-refractivity contribution in [3.8, 4) is 0 Å². The van der Waals surface area contributed by atoms with Crippen LogP contribution in [0, 0.1) is 5.82 Å². The van der Waals surface area contributed by atoms with Crippen LogP contribution in [-0.4, -0.2) is 58.3 Å². The highest BCUT2D eigenvalue weighted by Crippen LogP contribution is 2.16. The Balaban J connectivity index is 0.00000243. The second kappa shape index (κ2) is 9.70. The number of hydrogen-bond acceptors (Lipinski definition) is 4. The topological polar surface area (TPSA) is 75.6 Å². The smallest absolute Gasteiger partial charge is 0.191 e. The van der Waals surface area contributed by atoms with Crippen LogP contribution in [0.3, 0.4) is 0 Å². The Hall–Kier alpha value is -1.91. The number of aryl methyl sites for hydroxylation is 1. The molecule has 1 aromatic heterocycles. The lowest BCUT2D eigenvalue weighted by Crippen LogP contribution is -2.51. The molecular weight excluding hydrogens is 448 g/mol.